The van der Waals surface area contributed by atoms with E-state index in [2.05, 4.69) is 32.1 Å². The summed E-state index contributed by atoms with van der Waals surface area (Å²) in [6, 6.07) is 10.8. The van der Waals surface area contributed by atoms with E-state index in [1.165, 1.54) is 6.33 Å². The Morgan fingerprint density at radius 2 is 1.84 bits per heavy atom. The summed E-state index contributed by atoms with van der Waals surface area (Å²) < 4.78 is 38.0. The molecule has 0 aliphatic rings. The fraction of sp³-hybridized carbons (Fsp3) is 0.0455. The van der Waals surface area contributed by atoms with Crippen LogP contribution in [-0.2, 0) is 6.18 Å². The molecule has 1 amide bonds. The van der Waals surface area contributed by atoms with Crippen LogP contribution in [0.5, 0.6) is 0 Å². The van der Waals surface area contributed by atoms with Gasteiger partial charge < -0.3 is 16.0 Å². The number of aromatic nitrogens is 3. The van der Waals surface area contributed by atoms with E-state index in [1.807, 2.05) is 0 Å². The number of alkyl halides is 3. The number of fused-ring (bicyclic) bond motifs is 1. The van der Waals surface area contributed by atoms with Gasteiger partial charge in [0.25, 0.3) is 5.91 Å². The standard InChI is InChI=1S/C22H14F3N5O/c23-22(24,25)16-8-6-14(7-9-16)21(31)30-17-3-1-2-13(10-17)4-5-15-11-27-20-18(15)19(26)28-12-29-20/h1-3,6-12H,(H,30,31)(H3,26,27,28,29). The Hall–Kier alpha value is -4.32. The summed E-state index contributed by atoms with van der Waals surface area (Å²) in [5.74, 6) is 5.77. The third-order valence-corrected chi connectivity index (χ3v) is 4.44. The lowest BCUT2D eigenvalue weighted by atomic mass is 10.1. The molecule has 2 aromatic heterocycles. The van der Waals surface area contributed by atoms with Gasteiger partial charge >= 0.3 is 6.18 Å². The molecule has 0 aliphatic carbocycles. The highest BCUT2D eigenvalue weighted by Crippen LogP contribution is 2.29. The molecule has 0 unspecified atom stereocenters. The van der Waals surface area contributed by atoms with Crippen LogP contribution in [0.25, 0.3) is 11.0 Å². The van der Waals surface area contributed by atoms with Crippen LogP contribution in [0.3, 0.4) is 0 Å². The van der Waals surface area contributed by atoms with Gasteiger partial charge in [0.15, 0.2) is 0 Å². The van der Waals surface area contributed by atoms with Crippen LogP contribution in [0.2, 0.25) is 0 Å². The number of carbonyl (C=O) groups excluding carboxylic acids is 1. The number of benzene rings is 2. The molecule has 2 aromatic carbocycles. The van der Waals surface area contributed by atoms with Crippen molar-refractivity contribution in [2.45, 2.75) is 6.18 Å². The predicted octanol–water partition coefficient (Wildman–Crippen LogP) is 4.21. The molecule has 154 valence electrons. The van der Waals surface area contributed by atoms with E-state index in [0.717, 1.165) is 24.3 Å². The molecule has 9 heteroatoms. The van der Waals surface area contributed by atoms with E-state index in [0.29, 0.717) is 33.7 Å². The van der Waals surface area contributed by atoms with Crippen molar-refractivity contribution in [2.24, 2.45) is 0 Å². The lowest BCUT2D eigenvalue weighted by molar-refractivity contribution is -0.137. The van der Waals surface area contributed by atoms with Crippen LogP contribution in [0.1, 0.15) is 27.0 Å². The Kier molecular flexibility index (Phi) is 5.05. The van der Waals surface area contributed by atoms with Crippen molar-refractivity contribution in [2.75, 3.05) is 11.1 Å². The van der Waals surface area contributed by atoms with Crippen LogP contribution in [0.15, 0.2) is 61.1 Å². The van der Waals surface area contributed by atoms with Crippen molar-refractivity contribution in [1.29, 1.82) is 0 Å². The number of nitrogens with two attached hydrogens (primary N) is 1. The normalized spacial score (nSPS) is 11.1. The zero-order chi connectivity index (χ0) is 22.0. The number of carbonyl (C=O) groups is 1. The van der Waals surface area contributed by atoms with E-state index in [9.17, 15) is 18.0 Å². The highest BCUT2D eigenvalue weighted by molar-refractivity contribution is 6.04. The summed E-state index contributed by atoms with van der Waals surface area (Å²) in [7, 11) is 0. The fourth-order valence-corrected chi connectivity index (χ4v) is 2.91. The third-order valence-electron chi connectivity index (χ3n) is 4.44. The summed E-state index contributed by atoms with van der Waals surface area (Å²) in [5, 5.41) is 3.28. The lowest BCUT2D eigenvalue weighted by Gasteiger charge is -2.08. The topological polar surface area (TPSA) is 96.7 Å². The van der Waals surface area contributed by atoms with E-state index >= 15 is 0 Å². The third kappa shape index (κ3) is 4.33. The second kappa shape index (κ2) is 7.84. The van der Waals surface area contributed by atoms with Gasteiger partial charge in [0.1, 0.15) is 17.8 Å². The van der Waals surface area contributed by atoms with Crippen molar-refractivity contribution in [3.8, 4) is 11.8 Å². The van der Waals surface area contributed by atoms with Crippen LogP contribution < -0.4 is 11.1 Å². The molecule has 0 bridgehead atoms. The summed E-state index contributed by atoms with van der Waals surface area (Å²) in [5.41, 5.74) is 7.47. The van der Waals surface area contributed by atoms with Crippen molar-refractivity contribution in [1.82, 2.24) is 15.0 Å². The van der Waals surface area contributed by atoms with Gasteiger partial charge in [-0.2, -0.15) is 13.2 Å². The lowest BCUT2D eigenvalue weighted by Crippen LogP contribution is -2.12. The molecule has 0 atom stereocenters. The van der Waals surface area contributed by atoms with Crippen molar-refractivity contribution in [3.05, 3.63) is 83.3 Å². The Morgan fingerprint density at radius 1 is 1.06 bits per heavy atom. The molecule has 0 radical (unpaired) electrons. The van der Waals surface area contributed by atoms with Gasteiger partial charge in [-0.25, -0.2) is 9.97 Å². The Morgan fingerprint density at radius 3 is 2.58 bits per heavy atom. The molecular formula is C22H14F3N5O. The maximum Gasteiger partial charge on any atom is 0.416 e. The molecule has 6 nitrogen and oxygen atoms in total. The number of aromatic amines is 1. The second-order valence-corrected chi connectivity index (χ2v) is 6.54. The average molecular weight is 421 g/mol. The molecule has 0 fully saturated rings. The number of nitrogens with zero attached hydrogens (tertiary/aromatic N) is 2. The quantitative estimate of drug-likeness (QED) is 0.423. The number of nitrogens with one attached hydrogen (secondary N) is 2. The first kappa shape index (κ1) is 20.0. The molecule has 0 saturated heterocycles. The van der Waals surface area contributed by atoms with Gasteiger partial charge in [0.2, 0.25) is 0 Å². The summed E-state index contributed by atoms with van der Waals surface area (Å²) in [6.45, 7) is 0. The van der Waals surface area contributed by atoms with E-state index in [-0.39, 0.29) is 5.56 Å². The molecule has 4 rings (SSSR count). The van der Waals surface area contributed by atoms with Gasteiger partial charge in [-0.15, -0.1) is 0 Å². The van der Waals surface area contributed by atoms with Gasteiger partial charge in [-0.05, 0) is 42.5 Å². The number of H-pyrrole nitrogens is 1. The van der Waals surface area contributed by atoms with Gasteiger partial charge in [0.05, 0.1) is 16.5 Å². The second-order valence-electron chi connectivity index (χ2n) is 6.54. The number of anilines is 2. The highest BCUT2D eigenvalue weighted by atomic mass is 19.4. The monoisotopic (exact) mass is 421 g/mol. The minimum atomic E-state index is -4.45. The molecule has 0 spiro atoms. The highest BCUT2D eigenvalue weighted by Gasteiger charge is 2.30. The zero-order valence-corrected chi connectivity index (χ0v) is 15.8. The van der Waals surface area contributed by atoms with Gasteiger partial charge in [-0.1, -0.05) is 17.9 Å². The minimum Gasteiger partial charge on any atom is -0.383 e. The Balaban J connectivity index is 1.53. The SMILES string of the molecule is Nc1ncnc2[nH]cc(C#Cc3cccc(NC(=O)c4ccc(C(F)(F)F)cc4)c3)c12. The maximum absolute atomic E-state index is 12.7. The largest absolute Gasteiger partial charge is 0.416 e. The van der Waals surface area contributed by atoms with Crippen LogP contribution >= 0.6 is 0 Å². The van der Waals surface area contributed by atoms with Crippen LogP contribution in [0.4, 0.5) is 24.7 Å². The Bertz CT molecular complexity index is 1330. The molecular weight excluding hydrogens is 407 g/mol. The minimum absolute atomic E-state index is 0.110. The average Bonchev–Trinajstić information content (AvgIpc) is 3.16. The summed E-state index contributed by atoms with van der Waals surface area (Å²) in [6.07, 6.45) is -1.42. The van der Waals surface area contributed by atoms with Crippen molar-refractivity contribution >= 4 is 28.4 Å². The van der Waals surface area contributed by atoms with Gasteiger partial charge in [-0.3, -0.25) is 4.79 Å². The summed E-state index contributed by atoms with van der Waals surface area (Å²) in [4.78, 5) is 23.4. The number of hydrogen-bond donors (Lipinski definition) is 3. The predicted molar refractivity (Wildman–Crippen MR) is 110 cm³/mol. The number of nitrogen functional groups attached to an aromatic ring is 1. The smallest absolute Gasteiger partial charge is 0.383 e. The summed E-state index contributed by atoms with van der Waals surface area (Å²) >= 11 is 0. The Labute approximate surface area is 174 Å². The first-order chi connectivity index (χ1) is 14.8. The number of hydrogen-bond acceptors (Lipinski definition) is 4. The van der Waals surface area contributed by atoms with E-state index in [4.69, 9.17) is 5.73 Å². The first-order valence-corrected chi connectivity index (χ1v) is 8.99. The van der Waals surface area contributed by atoms with E-state index < -0.39 is 17.6 Å². The van der Waals surface area contributed by atoms with Crippen molar-refractivity contribution < 1.29 is 18.0 Å². The molecule has 0 aliphatic heterocycles. The molecule has 2 heterocycles. The molecule has 0 saturated carbocycles. The first-order valence-electron chi connectivity index (χ1n) is 8.99. The van der Waals surface area contributed by atoms with Crippen LogP contribution in [0, 0.1) is 11.8 Å². The zero-order valence-electron chi connectivity index (χ0n) is 15.8. The molecule has 4 aromatic rings. The number of rotatable bonds is 2. The molecule has 31 heavy (non-hydrogen) atoms. The van der Waals surface area contributed by atoms with E-state index in [1.54, 1.807) is 30.5 Å². The number of halogens is 3. The maximum atomic E-state index is 12.7. The van der Waals surface area contributed by atoms with Crippen LogP contribution in [-0.4, -0.2) is 20.9 Å². The molecule has 4 N–H and O–H groups in total. The van der Waals surface area contributed by atoms with Gasteiger partial charge in [0, 0.05) is 23.0 Å². The number of amides is 1. The van der Waals surface area contributed by atoms with Crippen molar-refractivity contribution in [3.63, 3.8) is 0 Å². The fourth-order valence-electron chi connectivity index (χ4n) is 2.91.